The number of phenolic OH excluding ortho intramolecular Hbond substituents is 1. The lowest BCUT2D eigenvalue weighted by Gasteiger charge is -2.06. The molecule has 23 heavy (non-hydrogen) atoms. The molecule has 1 amide bonds. The van der Waals surface area contributed by atoms with Gasteiger partial charge in [0, 0.05) is 18.2 Å². The number of amides is 1. The average Bonchev–Trinajstić information content (AvgIpc) is 2.89. The molecule has 2 aromatic heterocycles. The van der Waals surface area contributed by atoms with Crippen LogP contribution in [0.5, 0.6) is 5.75 Å². The predicted octanol–water partition coefficient (Wildman–Crippen LogP) is 3.32. The second-order valence-electron chi connectivity index (χ2n) is 5.89. The number of anilines is 1. The normalized spacial score (nSPS) is 11.1. The minimum Gasteiger partial charge on any atom is -0.508 e. The second-order valence-corrected chi connectivity index (χ2v) is 5.89. The predicted molar refractivity (Wildman–Crippen MR) is 89.1 cm³/mol. The third-order valence-corrected chi connectivity index (χ3v) is 3.47. The van der Waals surface area contributed by atoms with Crippen molar-refractivity contribution >= 4 is 22.8 Å². The number of aromatic amines is 1. The molecule has 3 N–H and O–H groups in total. The number of nitrogens with one attached hydrogen (secondary N) is 2. The summed E-state index contributed by atoms with van der Waals surface area (Å²) in [6, 6.07) is 8.80. The van der Waals surface area contributed by atoms with Gasteiger partial charge in [-0.25, -0.2) is 4.98 Å². The first-order valence-corrected chi connectivity index (χ1v) is 7.46. The molecular formula is C17H18N4O2. The highest BCUT2D eigenvalue weighted by Crippen LogP contribution is 2.27. The summed E-state index contributed by atoms with van der Waals surface area (Å²) in [6.07, 6.45) is 2.17. The van der Waals surface area contributed by atoms with Crippen molar-refractivity contribution in [2.75, 3.05) is 5.32 Å². The van der Waals surface area contributed by atoms with Gasteiger partial charge < -0.3 is 10.4 Å². The van der Waals surface area contributed by atoms with E-state index in [9.17, 15) is 9.90 Å². The number of hydrogen-bond acceptors (Lipinski definition) is 4. The zero-order valence-corrected chi connectivity index (χ0v) is 13.0. The lowest BCUT2D eigenvalue weighted by atomic mass is 10.1. The van der Waals surface area contributed by atoms with Crippen LogP contribution in [0.1, 0.15) is 20.3 Å². The van der Waals surface area contributed by atoms with Crippen LogP contribution in [0.4, 0.5) is 5.82 Å². The van der Waals surface area contributed by atoms with Crippen molar-refractivity contribution in [3.63, 3.8) is 0 Å². The van der Waals surface area contributed by atoms with Gasteiger partial charge in [0.25, 0.3) is 0 Å². The van der Waals surface area contributed by atoms with E-state index in [0.29, 0.717) is 17.9 Å². The zero-order valence-electron chi connectivity index (χ0n) is 13.0. The van der Waals surface area contributed by atoms with Crippen molar-refractivity contribution in [1.29, 1.82) is 0 Å². The maximum atomic E-state index is 11.9. The minimum absolute atomic E-state index is 0.0550. The number of aromatic nitrogens is 3. The number of phenols is 1. The van der Waals surface area contributed by atoms with E-state index < -0.39 is 0 Å². The zero-order chi connectivity index (χ0) is 16.4. The summed E-state index contributed by atoms with van der Waals surface area (Å²) in [5.41, 5.74) is 2.36. The van der Waals surface area contributed by atoms with Gasteiger partial charge in [-0.05, 0) is 29.7 Å². The molecule has 6 heteroatoms. The molecule has 0 aliphatic heterocycles. The van der Waals surface area contributed by atoms with Crippen molar-refractivity contribution in [2.45, 2.75) is 20.3 Å². The monoisotopic (exact) mass is 310 g/mol. The van der Waals surface area contributed by atoms with Crippen LogP contribution in [-0.2, 0) is 4.79 Å². The van der Waals surface area contributed by atoms with E-state index in [1.807, 2.05) is 32.0 Å². The van der Waals surface area contributed by atoms with E-state index in [2.05, 4.69) is 20.5 Å². The third-order valence-electron chi connectivity index (χ3n) is 3.47. The Morgan fingerprint density at radius 2 is 2.00 bits per heavy atom. The molecule has 0 fully saturated rings. The molecule has 0 aliphatic rings. The first kappa shape index (κ1) is 15.0. The average molecular weight is 310 g/mol. The lowest BCUT2D eigenvalue weighted by Crippen LogP contribution is -2.14. The van der Waals surface area contributed by atoms with E-state index >= 15 is 0 Å². The molecule has 6 nitrogen and oxygen atoms in total. The molecule has 0 saturated heterocycles. The standard InChI is InChI=1S/C17H18N4O2/c1-10(2)7-15(23)19-17-14-8-12(9-18-16(14)20-21-17)11-3-5-13(22)6-4-11/h3-6,8-10,22H,7H2,1-2H3,(H2,18,19,20,21,23). The molecule has 0 unspecified atom stereocenters. The summed E-state index contributed by atoms with van der Waals surface area (Å²) in [5.74, 6) is 1.00. The number of benzene rings is 1. The van der Waals surface area contributed by atoms with E-state index in [1.54, 1.807) is 18.3 Å². The summed E-state index contributed by atoms with van der Waals surface area (Å²) in [6.45, 7) is 3.99. The quantitative estimate of drug-likeness (QED) is 0.689. The van der Waals surface area contributed by atoms with E-state index in [4.69, 9.17) is 0 Å². The van der Waals surface area contributed by atoms with Crippen LogP contribution in [0, 0.1) is 5.92 Å². The largest absolute Gasteiger partial charge is 0.508 e. The smallest absolute Gasteiger partial charge is 0.225 e. The Morgan fingerprint density at radius 1 is 1.26 bits per heavy atom. The molecule has 118 valence electrons. The summed E-state index contributed by atoms with van der Waals surface area (Å²) in [7, 11) is 0. The van der Waals surface area contributed by atoms with Gasteiger partial charge in [-0.2, -0.15) is 5.10 Å². The molecule has 1 aromatic carbocycles. The Morgan fingerprint density at radius 3 is 2.70 bits per heavy atom. The van der Waals surface area contributed by atoms with Gasteiger partial charge in [0.05, 0.1) is 5.39 Å². The van der Waals surface area contributed by atoms with Crippen molar-refractivity contribution in [3.05, 3.63) is 36.5 Å². The summed E-state index contributed by atoms with van der Waals surface area (Å²) >= 11 is 0. The van der Waals surface area contributed by atoms with Crippen LogP contribution < -0.4 is 5.32 Å². The number of pyridine rings is 1. The molecule has 2 heterocycles. The van der Waals surface area contributed by atoms with Crippen LogP contribution in [0.3, 0.4) is 0 Å². The fraction of sp³-hybridized carbons (Fsp3) is 0.235. The first-order valence-electron chi connectivity index (χ1n) is 7.46. The van der Waals surface area contributed by atoms with Crippen molar-refractivity contribution in [1.82, 2.24) is 15.2 Å². The summed E-state index contributed by atoms with van der Waals surface area (Å²) < 4.78 is 0. The van der Waals surface area contributed by atoms with Gasteiger partial charge in [-0.15, -0.1) is 0 Å². The molecule has 0 aliphatic carbocycles. The molecule has 3 rings (SSSR count). The molecule has 3 aromatic rings. The van der Waals surface area contributed by atoms with Gasteiger partial charge in [-0.3, -0.25) is 9.89 Å². The number of H-pyrrole nitrogens is 1. The number of carbonyl (C=O) groups is 1. The van der Waals surface area contributed by atoms with Gasteiger partial charge in [0.15, 0.2) is 5.65 Å². The fourth-order valence-electron chi connectivity index (χ4n) is 2.37. The molecule has 0 bridgehead atoms. The van der Waals surface area contributed by atoms with Gasteiger partial charge in [0.2, 0.25) is 5.91 Å². The number of nitrogens with zero attached hydrogens (tertiary/aromatic N) is 2. The second kappa shape index (κ2) is 6.08. The number of fused-ring (bicyclic) bond motifs is 1. The van der Waals surface area contributed by atoms with Crippen LogP contribution in [0.25, 0.3) is 22.2 Å². The summed E-state index contributed by atoms with van der Waals surface area (Å²) in [5, 5.41) is 19.9. The highest BCUT2D eigenvalue weighted by atomic mass is 16.3. The maximum absolute atomic E-state index is 11.9. The van der Waals surface area contributed by atoms with Crippen LogP contribution >= 0.6 is 0 Å². The molecule has 0 radical (unpaired) electrons. The Bertz CT molecular complexity index is 837. The third kappa shape index (κ3) is 3.31. The highest BCUT2D eigenvalue weighted by molar-refractivity contribution is 5.99. The van der Waals surface area contributed by atoms with Crippen LogP contribution in [0.15, 0.2) is 36.5 Å². The van der Waals surface area contributed by atoms with E-state index in [1.165, 1.54) is 0 Å². The van der Waals surface area contributed by atoms with Crippen molar-refractivity contribution < 1.29 is 9.90 Å². The molecule has 0 spiro atoms. The van der Waals surface area contributed by atoms with Crippen molar-refractivity contribution in [3.8, 4) is 16.9 Å². The highest BCUT2D eigenvalue weighted by Gasteiger charge is 2.12. The number of aromatic hydroxyl groups is 1. The van der Waals surface area contributed by atoms with E-state index in [-0.39, 0.29) is 17.6 Å². The Balaban J connectivity index is 1.93. The fourth-order valence-corrected chi connectivity index (χ4v) is 2.37. The van der Waals surface area contributed by atoms with E-state index in [0.717, 1.165) is 16.5 Å². The van der Waals surface area contributed by atoms with Crippen LogP contribution in [-0.4, -0.2) is 26.2 Å². The Labute approximate surface area is 133 Å². The minimum atomic E-state index is -0.0550. The van der Waals surface area contributed by atoms with Gasteiger partial charge in [-0.1, -0.05) is 26.0 Å². The number of carbonyl (C=O) groups excluding carboxylic acids is 1. The van der Waals surface area contributed by atoms with Gasteiger partial charge in [0.1, 0.15) is 11.6 Å². The maximum Gasteiger partial charge on any atom is 0.225 e. The van der Waals surface area contributed by atoms with Crippen LogP contribution in [0.2, 0.25) is 0 Å². The number of rotatable bonds is 4. The SMILES string of the molecule is CC(C)CC(=O)Nc1[nH]nc2ncc(-c3ccc(O)cc3)cc12. The molecule has 0 atom stereocenters. The summed E-state index contributed by atoms with van der Waals surface area (Å²) in [4.78, 5) is 16.3. The number of hydrogen-bond donors (Lipinski definition) is 3. The molecule has 0 saturated carbocycles. The van der Waals surface area contributed by atoms with Crippen molar-refractivity contribution in [2.24, 2.45) is 5.92 Å². The Hall–Kier alpha value is -2.89. The van der Waals surface area contributed by atoms with Gasteiger partial charge >= 0.3 is 0 Å². The topological polar surface area (TPSA) is 90.9 Å². The first-order chi connectivity index (χ1) is 11.0. The lowest BCUT2D eigenvalue weighted by molar-refractivity contribution is -0.116. The Kier molecular flexibility index (Phi) is 3.97. The molecular weight excluding hydrogens is 292 g/mol.